The van der Waals surface area contributed by atoms with Crippen molar-refractivity contribution >= 4 is 11.6 Å². The van der Waals surface area contributed by atoms with Gasteiger partial charge in [0.15, 0.2) is 0 Å². The summed E-state index contributed by atoms with van der Waals surface area (Å²) in [4.78, 5) is 2.63. The first-order chi connectivity index (χ1) is 7.40. The van der Waals surface area contributed by atoms with Gasteiger partial charge in [0.2, 0.25) is 0 Å². The van der Waals surface area contributed by atoms with E-state index in [1.165, 1.54) is 38.6 Å². The summed E-state index contributed by atoms with van der Waals surface area (Å²) >= 11 is 5.75. The molecule has 15 heavy (non-hydrogen) atoms. The van der Waals surface area contributed by atoms with Crippen molar-refractivity contribution in [3.63, 3.8) is 0 Å². The molecule has 0 saturated carbocycles. The average Bonchev–Trinajstić information content (AvgIpc) is 2.87. The molecule has 0 amide bonds. The van der Waals surface area contributed by atoms with E-state index >= 15 is 0 Å². The predicted octanol–water partition coefficient (Wildman–Crippen LogP) is 2.65. The summed E-state index contributed by atoms with van der Waals surface area (Å²) in [6.45, 7) is 3.41. The molecule has 2 atom stereocenters. The van der Waals surface area contributed by atoms with Crippen molar-refractivity contribution in [2.24, 2.45) is 0 Å². The lowest BCUT2D eigenvalue weighted by molar-refractivity contribution is 0.0677. The number of likely N-dealkylation sites (tertiary alicyclic amines) is 1. The Morgan fingerprint density at radius 1 is 1.27 bits per heavy atom. The van der Waals surface area contributed by atoms with Gasteiger partial charge in [0, 0.05) is 25.1 Å². The molecular formula is C12H22ClNO. The molecule has 0 aliphatic carbocycles. The fourth-order valence-electron chi connectivity index (χ4n) is 2.83. The van der Waals surface area contributed by atoms with Gasteiger partial charge >= 0.3 is 0 Å². The molecule has 2 fully saturated rings. The Hall–Kier alpha value is 0.210. The largest absolute Gasteiger partial charge is 0.377 e. The molecule has 0 aromatic rings. The van der Waals surface area contributed by atoms with Crippen molar-refractivity contribution in [3.8, 4) is 0 Å². The van der Waals surface area contributed by atoms with Gasteiger partial charge in [-0.05, 0) is 45.1 Å². The zero-order valence-corrected chi connectivity index (χ0v) is 10.2. The van der Waals surface area contributed by atoms with Crippen LogP contribution in [0.4, 0.5) is 0 Å². The number of nitrogens with zero attached hydrogens (tertiary/aromatic N) is 1. The molecule has 2 saturated heterocycles. The normalized spacial score (nSPS) is 32.6. The Morgan fingerprint density at radius 2 is 2.20 bits per heavy atom. The summed E-state index contributed by atoms with van der Waals surface area (Å²) in [6, 6.07) is 0.785. The van der Waals surface area contributed by atoms with Gasteiger partial charge in [0.1, 0.15) is 0 Å². The van der Waals surface area contributed by atoms with Crippen LogP contribution in [0.5, 0.6) is 0 Å². The minimum absolute atomic E-state index is 0.515. The van der Waals surface area contributed by atoms with E-state index in [9.17, 15) is 0 Å². The molecule has 2 heterocycles. The zero-order chi connectivity index (χ0) is 10.5. The van der Waals surface area contributed by atoms with Crippen molar-refractivity contribution in [2.45, 2.75) is 50.7 Å². The number of rotatable bonds is 5. The topological polar surface area (TPSA) is 12.5 Å². The van der Waals surface area contributed by atoms with E-state index in [2.05, 4.69) is 4.90 Å². The third kappa shape index (κ3) is 3.33. The van der Waals surface area contributed by atoms with Crippen LogP contribution >= 0.6 is 11.6 Å². The van der Waals surface area contributed by atoms with Crippen LogP contribution in [-0.2, 0) is 4.74 Å². The van der Waals surface area contributed by atoms with Crippen molar-refractivity contribution < 1.29 is 4.74 Å². The number of hydrogen-bond acceptors (Lipinski definition) is 2. The van der Waals surface area contributed by atoms with E-state index in [1.54, 1.807) is 0 Å². The van der Waals surface area contributed by atoms with Crippen LogP contribution in [0.2, 0.25) is 0 Å². The minimum atomic E-state index is 0.515. The fourth-order valence-corrected chi connectivity index (χ4v) is 2.98. The highest BCUT2D eigenvalue weighted by molar-refractivity contribution is 6.17. The molecule has 2 rings (SSSR count). The van der Waals surface area contributed by atoms with Crippen LogP contribution in [0.15, 0.2) is 0 Å². The highest BCUT2D eigenvalue weighted by Crippen LogP contribution is 2.24. The van der Waals surface area contributed by atoms with Crippen molar-refractivity contribution in [1.82, 2.24) is 4.90 Å². The SMILES string of the molecule is ClCCCC1CCCN1CC1CCCO1. The number of alkyl halides is 1. The van der Waals surface area contributed by atoms with Crippen LogP contribution in [0, 0.1) is 0 Å². The lowest BCUT2D eigenvalue weighted by Crippen LogP contribution is -2.36. The first-order valence-corrected chi connectivity index (χ1v) is 6.85. The van der Waals surface area contributed by atoms with Gasteiger partial charge in [0.05, 0.1) is 6.10 Å². The second-order valence-electron chi connectivity index (χ2n) is 4.76. The Labute approximate surface area is 97.9 Å². The van der Waals surface area contributed by atoms with Crippen LogP contribution in [0.1, 0.15) is 38.5 Å². The zero-order valence-electron chi connectivity index (χ0n) is 9.46. The third-order valence-corrected chi connectivity index (χ3v) is 3.90. The summed E-state index contributed by atoms with van der Waals surface area (Å²) in [5.74, 6) is 0.810. The first-order valence-electron chi connectivity index (χ1n) is 6.32. The Bertz CT molecular complexity index is 182. The number of halogens is 1. The van der Waals surface area contributed by atoms with Crippen LogP contribution in [0.3, 0.4) is 0 Å². The van der Waals surface area contributed by atoms with Gasteiger partial charge in [0.25, 0.3) is 0 Å². The van der Waals surface area contributed by atoms with Crippen molar-refractivity contribution in [3.05, 3.63) is 0 Å². The highest BCUT2D eigenvalue weighted by atomic mass is 35.5. The van der Waals surface area contributed by atoms with E-state index in [4.69, 9.17) is 16.3 Å². The monoisotopic (exact) mass is 231 g/mol. The Kier molecular flexibility index (Phi) is 4.73. The third-order valence-electron chi connectivity index (χ3n) is 3.63. The van der Waals surface area contributed by atoms with Crippen molar-refractivity contribution in [2.75, 3.05) is 25.6 Å². The minimum Gasteiger partial charge on any atom is -0.377 e. The maximum absolute atomic E-state index is 5.75. The maximum Gasteiger partial charge on any atom is 0.0702 e. The highest BCUT2D eigenvalue weighted by Gasteiger charge is 2.27. The molecule has 0 aromatic carbocycles. The molecule has 2 aliphatic rings. The average molecular weight is 232 g/mol. The summed E-state index contributed by atoms with van der Waals surface area (Å²) in [6.07, 6.45) is 8.19. The lowest BCUT2D eigenvalue weighted by Gasteiger charge is -2.26. The summed E-state index contributed by atoms with van der Waals surface area (Å²) in [5, 5.41) is 0. The van der Waals surface area contributed by atoms with Gasteiger partial charge < -0.3 is 4.74 Å². The van der Waals surface area contributed by atoms with Gasteiger partial charge in [-0.25, -0.2) is 0 Å². The standard InChI is InChI=1S/C12H22ClNO/c13-7-1-4-11-5-2-8-14(11)10-12-6-3-9-15-12/h11-12H,1-10H2. The molecule has 2 unspecified atom stereocenters. The predicted molar refractivity (Wildman–Crippen MR) is 63.5 cm³/mol. The summed E-state index contributed by atoms with van der Waals surface area (Å²) < 4.78 is 5.70. The maximum atomic E-state index is 5.75. The molecule has 0 aromatic heterocycles. The molecule has 2 nitrogen and oxygen atoms in total. The van der Waals surface area contributed by atoms with Crippen LogP contribution in [0.25, 0.3) is 0 Å². The molecule has 3 heteroatoms. The Morgan fingerprint density at radius 3 is 2.93 bits per heavy atom. The van der Waals surface area contributed by atoms with Crippen LogP contribution in [-0.4, -0.2) is 42.6 Å². The Balaban J connectivity index is 1.74. The number of ether oxygens (including phenoxy) is 1. The van der Waals surface area contributed by atoms with E-state index < -0.39 is 0 Å². The van der Waals surface area contributed by atoms with Gasteiger partial charge in [-0.15, -0.1) is 11.6 Å². The lowest BCUT2D eigenvalue weighted by atomic mass is 10.1. The van der Waals surface area contributed by atoms with E-state index in [0.29, 0.717) is 6.10 Å². The second-order valence-corrected chi connectivity index (χ2v) is 5.14. The first kappa shape index (κ1) is 11.7. The molecule has 0 spiro atoms. The molecule has 0 bridgehead atoms. The van der Waals surface area contributed by atoms with Gasteiger partial charge in [-0.1, -0.05) is 0 Å². The molecule has 0 N–H and O–H groups in total. The van der Waals surface area contributed by atoms with Gasteiger partial charge in [-0.2, -0.15) is 0 Å². The summed E-state index contributed by atoms with van der Waals surface area (Å²) in [5.41, 5.74) is 0. The molecule has 0 radical (unpaired) electrons. The second kappa shape index (κ2) is 6.07. The molecular weight excluding hydrogens is 210 g/mol. The molecule has 2 aliphatic heterocycles. The van der Waals surface area contributed by atoms with Crippen LogP contribution < -0.4 is 0 Å². The summed E-state index contributed by atoms with van der Waals surface area (Å²) in [7, 11) is 0. The quantitative estimate of drug-likeness (QED) is 0.675. The number of hydrogen-bond donors (Lipinski definition) is 0. The molecule has 88 valence electrons. The van der Waals surface area contributed by atoms with Crippen molar-refractivity contribution in [1.29, 1.82) is 0 Å². The van der Waals surface area contributed by atoms with E-state index in [1.807, 2.05) is 0 Å². The van der Waals surface area contributed by atoms with E-state index in [-0.39, 0.29) is 0 Å². The smallest absolute Gasteiger partial charge is 0.0702 e. The van der Waals surface area contributed by atoms with Gasteiger partial charge in [-0.3, -0.25) is 4.90 Å². The van der Waals surface area contributed by atoms with E-state index in [0.717, 1.165) is 31.5 Å². The fraction of sp³-hybridized carbons (Fsp3) is 1.00.